The van der Waals surface area contributed by atoms with E-state index in [-0.39, 0.29) is 0 Å². The first-order valence-electron chi connectivity index (χ1n) is 10.8. The molecular weight excluding hydrogens is 445 g/mol. The van der Waals surface area contributed by atoms with Crippen LogP contribution in [0.4, 0.5) is 20.6 Å². The third-order valence-corrected chi connectivity index (χ3v) is 5.13. The van der Waals surface area contributed by atoms with Gasteiger partial charge in [0.05, 0.1) is 22.9 Å². The van der Waals surface area contributed by atoms with Gasteiger partial charge >= 0.3 is 6.03 Å². The summed E-state index contributed by atoms with van der Waals surface area (Å²) in [6.45, 7) is 1.93. The van der Waals surface area contributed by atoms with E-state index in [1.54, 1.807) is 48.8 Å². The van der Waals surface area contributed by atoms with Crippen molar-refractivity contribution in [3.63, 3.8) is 0 Å². The smallest absolute Gasteiger partial charge is 0.323 e. The van der Waals surface area contributed by atoms with E-state index in [4.69, 9.17) is 9.72 Å². The van der Waals surface area contributed by atoms with E-state index < -0.39 is 11.8 Å². The maximum Gasteiger partial charge on any atom is 0.323 e. The van der Waals surface area contributed by atoms with Gasteiger partial charge < -0.3 is 15.4 Å². The van der Waals surface area contributed by atoms with Crippen molar-refractivity contribution in [1.82, 2.24) is 15.0 Å². The van der Waals surface area contributed by atoms with E-state index >= 15 is 0 Å². The Balaban J connectivity index is 1.31. The Hall–Kier alpha value is -4.85. The van der Waals surface area contributed by atoms with Gasteiger partial charge in [-0.2, -0.15) is 0 Å². The minimum atomic E-state index is -0.494. The molecule has 0 fully saturated rings. The lowest BCUT2D eigenvalue weighted by molar-refractivity contribution is 0.262. The van der Waals surface area contributed by atoms with Gasteiger partial charge in [-0.05, 0) is 61.5 Å². The molecule has 0 unspecified atom stereocenters. The fourth-order valence-corrected chi connectivity index (χ4v) is 3.45. The fourth-order valence-electron chi connectivity index (χ4n) is 3.45. The number of hydrogen-bond donors (Lipinski definition) is 2. The van der Waals surface area contributed by atoms with Crippen LogP contribution in [-0.2, 0) is 0 Å². The molecule has 35 heavy (non-hydrogen) atoms. The number of benzene rings is 3. The van der Waals surface area contributed by atoms with Crippen LogP contribution in [0, 0.1) is 12.7 Å². The van der Waals surface area contributed by atoms with Crippen molar-refractivity contribution in [2.75, 3.05) is 10.6 Å². The van der Waals surface area contributed by atoms with Crippen LogP contribution in [0.3, 0.4) is 0 Å². The Morgan fingerprint density at radius 2 is 1.57 bits per heavy atom. The Bertz CT molecular complexity index is 1520. The van der Waals surface area contributed by atoms with Crippen LogP contribution in [0.5, 0.6) is 11.5 Å². The van der Waals surface area contributed by atoms with Crippen molar-refractivity contribution in [2.24, 2.45) is 0 Å². The summed E-state index contributed by atoms with van der Waals surface area (Å²) in [5.74, 6) is 0.674. The van der Waals surface area contributed by atoms with Gasteiger partial charge in [0, 0.05) is 41.0 Å². The second-order valence-corrected chi connectivity index (χ2v) is 7.81. The summed E-state index contributed by atoms with van der Waals surface area (Å²) in [5, 5.41) is 5.31. The van der Waals surface area contributed by atoms with Gasteiger partial charge in [0.1, 0.15) is 17.3 Å². The van der Waals surface area contributed by atoms with Gasteiger partial charge in [0.2, 0.25) is 0 Å². The highest BCUT2D eigenvalue weighted by Gasteiger charge is 2.08. The largest absolute Gasteiger partial charge is 0.457 e. The normalized spacial score (nSPS) is 10.7. The van der Waals surface area contributed by atoms with Gasteiger partial charge in [0.15, 0.2) is 0 Å². The third kappa shape index (κ3) is 5.39. The Morgan fingerprint density at radius 3 is 2.34 bits per heavy atom. The highest BCUT2D eigenvalue weighted by atomic mass is 19.1. The van der Waals surface area contributed by atoms with Crippen molar-refractivity contribution < 1.29 is 13.9 Å². The van der Waals surface area contributed by atoms with E-state index in [9.17, 15) is 9.18 Å². The highest BCUT2D eigenvalue weighted by Crippen LogP contribution is 2.27. The summed E-state index contributed by atoms with van der Waals surface area (Å²) < 4.78 is 19.3. The molecule has 172 valence electrons. The number of nitrogens with zero attached hydrogens (tertiary/aromatic N) is 3. The van der Waals surface area contributed by atoms with Gasteiger partial charge in [-0.3, -0.25) is 9.97 Å². The Kier molecular flexibility index (Phi) is 6.00. The third-order valence-electron chi connectivity index (χ3n) is 5.13. The molecule has 8 heteroatoms. The zero-order valence-electron chi connectivity index (χ0n) is 18.7. The number of halogens is 1. The quantitative estimate of drug-likeness (QED) is 0.306. The minimum Gasteiger partial charge on any atom is -0.457 e. The molecule has 3 aromatic carbocycles. The number of amides is 2. The monoisotopic (exact) mass is 465 g/mol. The first-order valence-corrected chi connectivity index (χ1v) is 10.8. The van der Waals surface area contributed by atoms with Crippen LogP contribution in [-0.4, -0.2) is 21.0 Å². The number of carbonyl (C=O) groups excluding carboxylic acids is 1. The second kappa shape index (κ2) is 9.56. The van der Waals surface area contributed by atoms with Gasteiger partial charge in [0.25, 0.3) is 0 Å². The molecule has 5 aromatic rings. The average Bonchev–Trinajstić information content (AvgIpc) is 2.84. The number of hydrogen-bond acceptors (Lipinski definition) is 5. The van der Waals surface area contributed by atoms with E-state index in [0.29, 0.717) is 28.4 Å². The number of urea groups is 1. The van der Waals surface area contributed by atoms with Crippen molar-refractivity contribution in [3.8, 4) is 22.8 Å². The molecule has 2 amide bonds. The zero-order valence-corrected chi connectivity index (χ0v) is 18.7. The van der Waals surface area contributed by atoms with Crippen LogP contribution in [0.2, 0.25) is 0 Å². The molecule has 0 aliphatic heterocycles. The molecule has 0 atom stereocenters. The maximum absolute atomic E-state index is 13.3. The van der Waals surface area contributed by atoms with E-state index in [1.807, 2.05) is 31.2 Å². The topological polar surface area (TPSA) is 89.0 Å². The summed E-state index contributed by atoms with van der Waals surface area (Å²) in [7, 11) is 0. The van der Waals surface area contributed by atoms with E-state index in [2.05, 4.69) is 20.6 Å². The minimum absolute atomic E-state index is 0.355. The van der Waals surface area contributed by atoms with Crippen LogP contribution in [0.15, 0.2) is 91.3 Å². The van der Waals surface area contributed by atoms with Gasteiger partial charge in [-0.15, -0.1) is 0 Å². The average molecular weight is 465 g/mol. The Labute approximate surface area is 200 Å². The molecule has 2 aromatic heterocycles. The lowest BCUT2D eigenvalue weighted by atomic mass is 10.2. The SMILES string of the molecule is Cc1ccc(-c2cnc3ccc(Oc4cccc(NC(=O)Nc5cccc(F)c5)c4)cc3n2)cn1. The molecule has 7 nitrogen and oxygen atoms in total. The van der Waals surface area contributed by atoms with Crippen molar-refractivity contribution >= 4 is 28.4 Å². The number of carbonyl (C=O) groups is 1. The molecule has 5 rings (SSSR count). The maximum atomic E-state index is 13.3. The van der Waals surface area contributed by atoms with Crippen molar-refractivity contribution in [2.45, 2.75) is 6.92 Å². The summed E-state index contributed by atoms with van der Waals surface area (Å²) in [4.78, 5) is 25.8. The molecule has 0 spiro atoms. The molecule has 2 N–H and O–H groups in total. The standard InChI is InChI=1S/C27H20FN5O2/c1-17-8-9-18(15-29-17)26-16-30-24-11-10-23(14-25(24)33-26)35-22-7-3-6-21(13-22)32-27(34)31-20-5-2-4-19(28)12-20/h2-16H,1H3,(H2,31,32,34). The predicted molar refractivity (Wildman–Crippen MR) is 133 cm³/mol. The zero-order chi connectivity index (χ0) is 24.2. The van der Waals surface area contributed by atoms with Crippen molar-refractivity contribution in [1.29, 1.82) is 0 Å². The lowest BCUT2D eigenvalue weighted by Crippen LogP contribution is -2.19. The van der Waals surface area contributed by atoms with E-state index in [1.165, 1.54) is 18.2 Å². The number of pyridine rings is 1. The molecule has 0 saturated heterocycles. The van der Waals surface area contributed by atoms with Gasteiger partial charge in [-0.1, -0.05) is 12.1 Å². The molecule has 0 saturated carbocycles. The summed E-state index contributed by atoms with van der Waals surface area (Å²) in [5.41, 5.74) is 4.83. The predicted octanol–water partition coefficient (Wildman–Crippen LogP) is 6.58. The first kappa shape index (κ1) is 22.0. The Morgan fingerprint density at radius 1 is 0.800 bits per heavy atom. The first-order chi connectivity index (χ1) is 17.0. The number of rotatable bonds is 5. The van der Waals surface area contributed by atoms with Gasteiger partial charge in [-0.25, -0.2) is 14.2 Å². The summed E-state index contributed by atoms with van der Waals surface area (Å²) >= 11 is 0. The molecule has 0 aliphatic rings. The highest BCUT2D eigenvalue weighted by molar-refractivity contribution is 5.99. The molecule has 0 bridgehead atoms. The molecule has 2 heterocycles. The number of fused-ring (bicyclic) bond motifs is 1. The van der Waals surface area contributed by atoms with Crippen LogP contribution in [0.1, 0.15) is 5.69 Å². The van der Waals surface area contributed by atoms with Crippen LogP contribution in [0.25, 0.3) is 22.3 Å². The van der Waals surface area contributed by atoms with Crippen LogP contribution < -0.4 is 15.4 Å². The molecular formula is C27H20FN5O2. The second-order valence-electron chi connectivity index (χ2n) is 7.81. The van der Waals surface area contributed by atoms with Crippen molar-refractivity contribution in [3.05, 3.63) is 103 Å². The number of anilines is 2. The molecule has 0 radical (unpaired) electrons. The number of ether oxygens (including phenoxy) is 1. The van der Waals surface area contributed by atoms with E-state index in [0.717, 1.165) is 22.5 Å². The number of nitrogens with one attached hydrogen (secondary N) is 2. The summed E-state index contributed by atoms with van der Waals surface area (Å²) in [6.07, 6.45) is 3.49. The number of aromatic nitrogens is 3. The lowest BCUT2D eigenvalue weighted by Gasteiger charge is -2.11. The summed E-state index contributed by atoms with van der Waals surface area (Å²) in [6, 6.07) is 21.5. The van der Waals surface area contributed by atoms with Crippen LogP contribution >= 0.6 is 0 Å². The molecule has 0 aliphatic carbocycles. The number of aryl methyl sites for hydroxylation is 1. The fraction of sp³-hybridized carbons (Fsp3) is 0.0370.